The van der Waals surface area contributed by atoms with Crippen molar-refractivity contribution >= 4 is 23.2 Å². The maximum absolute atomic E-state index is 6.04. The predicted molar refractivity (Wildman–Crippen MR) is 69.1 cm³/mol. The zero-order chi connectivity index (χ0) is 11.7. The molecule has 0 bridgehead atoms. The van der Waals surface area contributed by atoms with Crippen LogP contribution in [0.15, 0.2) is 0 Å². The smallest absolute Gasteiger partial charge is 0.0472 e. The molecule has 3 heteroatoms. The van der Waals surface area contributed by atoms with Gasteiger partial charge in [0.15, 0.2) is 0 Å². The van der Waals surface area contributed by atoms with Gasteiger partial charge in [-0.2, -0.15) is 0 Å². The Morgan fingerprint density at radius 2 is 1.73 bits per heavy atom. The minimum atomic E-state index is 0.0605. The maximum Gasteiger partial charge on any atom is 0.0472 e. The first-order valence-corrected chi connectivity index (χ1v) is 6.87. The zero-order valence-electron chi connectivity index (χ0n) is 10.2. The second kappa shape index (κ2) is 8.66. The van der Waals surface area contributed by atoms with Gasteiger partial charge in [-0.15, -0.1) is 23.2 Å². The van der Waals surface area contributed by atoms with Crippen LogP contribution in [0.3, 0.4) is 0 Å². The summed E-state index contributed by atoms with van der Waals surface area (Å²) in [6, 6.07) is 0. The molecule has 0 amide bonds. The number of halogens is 2. The first-order valence-electron chi connectivity index (χ1n) is 5.80. The highest BCUT2D eigenvalue weighted by Gasteiger charge is 2.28. The van der Waals surface area contributed by atoms with Gasteiger partial charge in [-0.3, -0.25) is 0 Å². The van der Waals surface area contributed by atoms with Crippen molar-refractivity contribution < 1.29 is 4.74 Å². The van der Waals surface area contributed by atoms with Gasteiger partial charge < -0.3 is 4.74 Å². The van der Waals surface area contributed by atoms with Gasteiger partial charge >= 0.3 is 0 Å². The molecule has 0 fully saturated rings. The average molecular weight is 255 g/mol. The summed E-state index contributed by atoms with van der Waals surface area (Å²) >= 11 is 12.1. The number of hydrogen-bond donors (Lipinski definition) is 0. The molecule has 0 heterocycles. The van der Waals surface area contributed by atoms with Gasteiger partial charge in [0.2, 0.25) is 0 Å². The fourth-order valence-corrected chi connectivity index (χ4v) is 2.55. The zero-order valence-corrected chi connectivity index (χ0v) is 11.7. The Hall–Kier alpha value is 0.540. The molecule has 0 rings (SSSR count). The third-order valence-electron chi connectivity index (χ3n) is 2.53. The van der Waals surface area contributed by atoms with Crippen LogP contribution in [-0.2, 0) is 4.74 Å². The van der Waals surface area contributed by atoms with E-state index in [1.54, 1.807) is 0 Å². The molecular formula is C12H24Cl2O. The van der Waals surface area contributed by atoms with Crippen molar-refractivity contribution in [1.29, 1.82) is 0 Å². The summed E-state index contributed by atoms with van der Waals surface area (Å²) in [5.74, 6) is 1.89. The molecule has 0 N–H and O–H groups in total. The molecule has 1 nitrogen and oxygen atoms in total. The number of rotatable bonds is 9. The van der Waals surface area contributed by atoms with Gasteiger partial charge in [0.1, 0.15) is 0 Å². The van der Waals surface area contributed by atoms with Crippen LogP contribution in [0.25, 0.3) is 0 Å². The third kappa shape index (κ3) is 6.65. The van der Waals surface area contributed by atoms with Gasteiger partial charge in [0, 0.05) is 25.0 Å². The third-order valence-corrected chi connectivity index (χ3v) is 3.67. The fraction of sp³-hybridized carbons (Fsp3) is 1.00. The quantitative estimate of drug-likeness (QED) is 0.440. The van der Waals surface area contributed by atoms with Crippen LogP contribution >= 0.6 is 23.2 Å². The van der Waals surface area contributed by atoms with Gasteiger partial charge in [-0.05, 0) is 30.6 Å². The Bertz CT molecular complexity index is 145. The van der Waals surface area contributed by atoms with Crippen molar-refractivity contribution in [1.82, 2.24) is 0 Å². The molecule has 0 saturated heterocycles. The van der Waals surface area contributed by atoms with Crippen molar-refractivity contribution in [3.05, 3.63) is 0 Å². The second-order valence-corrected chi connectivity index (χ2v) is 5.26. The lowest BCUT2D eigenvalue weighted by molar-refractivity contribution is 0.0995. The van der Waals surface area contributed by atoms with E-state index in [2.05, 4.69) is 20.8 Å². The summed E-state index contributed by atoms with van der Waals surface area (Å²) in [4.78, 5) is 0. The highest BCUT2D eigenvalue weighted by atomic mass is 35.5. The summed E-state index contributed by atoms with van der Waals surface area (Å²) < 4.78 is 5.51. The van der Waals surface area contributed by atoms with Crippen LogP contribution < -0.4 is 0 Å². The molecule has 0 aliphatic heterocycles. The van der Waals surface area contributed by atoms with E-state index in [-0.39, 0.29) is 5.41 Å². The lowest BCUT2D eigenvalue weighted by Crippen LogP contribution is -2.29. The molecular weight excluding hydrogens is 231 g/mol. The standard InChI is InChI=1S/C12H24Cl2O/c1-4-6-15-7-5-12(9-13,10-14)8-11(2)3/h11H,4-10H2,1-3H3. The van der Waals surface area contributed by atoms with E-state index >= 15 is 0 Å². The monoisotopic (exact) mass is 254 g/mol. The first-order chi connectivity index (χ1) is 7.10. The van der Waals surface area contributed by atoms with Crippen LogP contribution in [0.2, 0.25) is 0 Å². The molecule has 0 aliphatic carbocycles. The molecule has 15 heavy (non-hydrogen) atoms. The summed E-state index contributed by atoms with van der Waals surface area (Å²) in [6.07, 6.45) is 3.12. The first kappa shape index (κ1) is 15.5. The van der Waals surface area contributed by atoms with Crippen LogP contribution in [0.5, 0.6) is 0 Å². The Morgan fingerprint density at radius 1 is 1.13 bits per heavy atom. The number of hydrogen-bond acceptors (Lipinski definition) is 1. The van der Waals surface area contributed by atoms with E-state index in [4.69, 9.17) is 27.9 Å². The van der Waals surface area contributed by atoms with E-state index in [9.17, 15) is 0 Å². The Balaban J connectivity index is 4.00. The van der Waals surface area contributed by atoms with Gasteiger partial charge in [0.05, 0.1) is 0 Å². The van der Waals surface area contributed by atoms with E-state index in [0.29, 0.717) is 17.7 Å². The molecule has 0 saturated carbocycles. The van der Waals surface area contributed by atoms with Gasteiger partial charge in [-0.1, -0.05) is 20.8 Å². The minimum Gasteiger partial charge on any atom is -0.381 e. The molecule has 0 atom stereocenters. The SMILES string of the molecule is CCCOCCC(CCl)(CCl)CC(C)C. The largest absolute Gasteiger partial charge is 0.381 e. The normalized spacial score (nSPS) is 12.4. The lowest BCUT2D eigenvalue weighted by atomic mass is 9.81. The fourth-order valence-electron chi connectivity index (χ4n) is 1.78. The van der Waals surface area contributed by atoms with Crippen molar-refractivity contribution in [2.45, 2.75) is 40.0 Å². The van der Waals surface area contributed by atoms with Crippen LogP contribution in [0.4, 0.5) is 0 Å². The molecule has 0 unspecified atom stereocenters. The van der Waals surface area contributed by atoms with Gasteiger partial charge in [-0.25, -0.2) is 0 Å². The van der Waals surface area contributed by atoms with Crippen molar-refractivity contribution in [3.63, 3.8) is 0 Å². The summed E-state index contributed by atoms with van der Waals surface area (Å²) in [5.41, 5.74) is 0.0605. The van der Waals surface area contributed by atoms with E-state index in [1.165, 1.54) is 0 Å². The molecule has 0 aromatic carbocycles. The van der Waals surface area contributed by atoms with E-state index in [1.807, 2.05) is 0 Å². The van der Waals surface area contributed by atoms with E-state index in [0.717, 1.165) is 32.5 Å². The highest BCUT2D eigenvalue weighted by molar-refractivity contribution is 6.21. The van der Waals surface area contributed by atoms with E-state index < -0.39 is 0 Å². The average Bonchev–Trinajstić information content (AvgIpc) is 2.22. The predicted octanol–water partition coefficient (Wildman–Crippen LogP) is 4.31. The maximum atomic E-state index is 6.04. The molecule has 0 aromatic rings. The van der Waals surface area contributed by atoms with Crippen LogP contribution in [0.1, 0.15) is 40.0 Å². The lowest BCUT2D eigenvalue weighted by Gasteiger charge is -2.31. The Morgan fingerprint density at radius 3 is 2.13 bits per heavy atom. The van der Waals surface area contributed by atoms with Crippen molar-refractivity contribution in [2.24, 2.45) is 11.3 Å². The van der Waals surface area contributed by atoms with Gasteiger partial charge in [0.25, 0.3) is 0 Å². The Labute approximate surface area is 104 Å². The van der Waals surface area contributed by atoms with Crippen molar-refractivity contribution in [2.75, 3.05) is 25.0 Å². The molecule has 0 aromatic heterocycles. The van der Waals surface area contributed by atoms with Crippen LogP contribution in [0, 0.1) is 11.3 Å². The summed E-state index contributed by atoms with van der Waals surface area (Å²) in [5, 5.41) is 0. The molecule has 0 radical (unpaired) electrons. The molecule has 92 valence electrons. The topological polar surface area (TPSA) is 9.23 Å². The molecule has 0 aliphatic rings. The summed E-state index contributed by atoms with van der Waals surface area (Å²) in [7, 11) is 0. The second-order valence-electron chi connectivity index (χ2n) is 4.73. The Kier molecular flexibility index (Phi) is 8.98. The van der Waals surface area contributed by atoms with Crippen molar-refractivity contribution in [3.8, 4) is 0 Å². The minimum absolute atomic E-state index is 0.0605. The number of ether oxygens (including phenoxy) is 1. The highest BCUT2D eigenvalue weighted by Crippen LogP contribution is 2.33. The number of alkyl halides is 2. The molecule has 0 spiro atoms. The summed E-state index contributed by atoms with van der Waals surface area (Å²) in [6.45, 7) is 8.15. The van der Waals surface area contributed by atoms with Crippen LogP contribution in [-0.4, -0.2) is 25.0 Å².